The molecular formula is C27H19F4N5O4S. The van der Waals surface area contributed by atoms with E-state index >= 15 is 0 Å². The van der Waals surface area contributed by atoms with Crippen molar-refractivity contribution in [3.05, 3.63) is 66.0 Å². The molecule has 0 radical (unpaired) electrons. The number of imide groups is 1. The van der Waals surface area contributed by atoms with Gasteiger partial charge in [0.25, 0.3) is 5.91 Å². The van der Waals surface area contributed by atoms with Gasteiger partial charge in [0.2, 0.25) is 0 Å². The largest absolute Gasteiger partial charge is 0.497 e. The molecule has 3 aromatic rings. The number of morpholine rings is 1. The first-order valence-electron chi connectivity index (χ1n) is 12.2. The third-order valence-electron chi connectivity index (χ3n) is 6.86. The van der Waals surface area contributed by atoms with Gasteiger partial charge in [-0.25, -0.2) is 9.69 Å². The van der Waals surface area contributed by atoms with Crippen molar-refractivity contribution in [2.24, 2.45) is 0 Å². The SMILES string of the molecule is COc1ccc(C#N)c(C2=CC3NC(=O)N(c4cncc5ccc(N6CC(F)(F)OC(F)(F)C6)cc45)C(=O)C3S2)c1. The standard InChI is InChI=1S/C27H19F4N5O4S/c1-39-17-5-3-14(9-32)19(7-17)22-8-20-23(41-22)24(37)36(25(38)34-20)21-11-33-10-15-2-4-16(6-18(15)21)35-12-26(28,29)40-27(30,31)13-35/h2-8,10-11,20,23H,12-13H2,1H3,(H,34,38). The summed E-state index contributed by atoms with van der Waals surface area (Å²) in [6.07, 6.45) is -3.76. The molecule has 9 nitrogen and oxygen atoms in total. The van der Waals surface area contributed by atoms with E-state index in [2.05, 4.69) is 21.1 Å². The van der Waals surface area contributed by atoms with Crippen LogP contribution in [0.5, 0.6) is 5.75 Å². The minimum absolute atomic E-state index is 0.0246. The fourth-order valence-corrected chi connectivity index (χ4v) is 6.36. The molecule has 2 aromatic carbocycles. The maximum absolute atomic E-state index is 13.9. The van der Waals surface area contributed by atoms with Crippen molar-refractivity contribution in [1.82, 2.24) is 10.3 Å². The first-order chi connectivity index (χ1) is 19.5. The number of thioether (sulfide) groups is 1. The third kappa shape index (κ3) is 4.81. The van der Waals surface area contributed by atoms with Crippen LogP contribution in [0.3, 0.4) is 0 Å². The number of nitrogens with one attached hydrogen (secondary N) is 1. The molecular weight excluding hydrogens is 566 g/mol. The average Bonchev–Trinajstić information content (AvgIpc) is 3.35. The number of rotatable bonds is 4. The Balaban J connectivity index is 1.34. The summed E-state index contributed by atoms with van der Waals surface area (Å²) < 4.78 is 64.5. The number of carbonyl (C=O) groups excluding carboxylic acids is 2. The predicted octanol–water partition coefficient (Wildman–Crippen LogP) is 4.72. The predicted molar refractivity (Wildman–Crippen MR) is 142 cm³/mol. The van der Waals surface area contributed by atoms with Gasteiger partial charge >= 0.3 is 18.2 Å². The molecule has 0 bridgehead atoms. The minimum Gasteiger partial charge on any atom is -0.497 e. The zero-order valence-corrected chi connectivity index (χ0v) is 21.9. The number of benzene rings is 2. The fraction of sp³-hybridized carbons (Fsp3) is 0.259. The molecule has 2 atom stereocenters. The topological polar surface area (TPSA) is 108 Å². The Labute approximate surface area is 234 Å². The van der Waals surface area contributed by atoms with Gasteiger partial charge in [0.1, 0.15) is 24.1 Å². The smallest absolute Gasteiger partial charge is 0.377 e. The Morgan fingerprint density at radius 1 is 1.12 bits per heavy atom. The average molecular weight is 586 g/mol. The number of amides is 3. The monoisotopic (exact) mass is 585 g/mol. The van der Waals surface area contributed by atoms with Crippen LogP contribution >= 0.6 is 11.8 Å². The first kappa shape index (κ1) is 26.9. The molecule has 0 spiro atoms. The Hall–Kier alpha value is -4.35. The summed E-state index contributed by atoms with van der Waals surface area (Å²) in [6, 6.07) is 9.84. The number of aromatic nitrogens is 1. The maximum atomic E-state index is 13.9. The number of methoxy groups -OCH3 is 1. The highest BCUT2D eigenvalue weighted by molar-refractivity contribution is 8.09. The molecule has 14 heteroatoms. The van der Waals surface area contributed by atoms with Crippen LogP contribution in [0.15, 0.2) is 54.9 Å². The van der Waals surface area contributed by atoms with E-state index in [4.69, 9.17) is 4.74 Å². The number of pyridine rings is 1. The summed E-state index contributed by atoms with van der Waals surface area (Å²) >= 11 is 1.18. The van der Waals surface area contributed by atoms with Crippen LogP contribution in [0, 0.1) is 11.3 Å². The van der Waals surface area contributed by atoms with Crippen molar-refractivity contribution < 1.29 is 36.6 Å². The number of fused-ring (bicyclic) bond motifs is 2. The molecule has 3 amide bonds. The lowest BCUT2D eigenvalue weighted by molar-refractivity contribution is -0.380. The fourth-order valence-electron chi connectivity index (χ4n) is 5.07. The number of hydrogen-bond donors (Lipinski definition) is 1. The van der Waals surface area contributed by atoms with Crippen LogP contribution in [0.2, 0.25) is 0 Å². The van der Waals surface area contributed by atoms with Crippen molar-refractivity contribution >= 4 is 50.8 Å². The second-order valence-electron chi connectivity index (χ2n) is 9.54. The molecule has 1 aromatic heterocycles. The van der Waals surface area contributed by atoms with E-state index in [1.54, 1.807) is 24.3 Å². The molecule has 6 rings (SSSR count). The Morgan fingerprint density at radius 3 is 2.59 bits per heavy atom. The lowest BCUT2D eigenvalue weighted by Crippen LogP contribution is -2.60. The van der Waals surface area contributed by atoms with Gasteiger partial charge < -0.3 is 15.0 Å². The van der Waals surface area contributed by atoms with E-state index < -0.39 is 48.5 Å². The molecule has 2 unspecified atom stereocenters. The van der Waals surface area contributed by atoms with Crippen molar-refractivity contribution in [1.29, 1.82) is 5.26 Å². The number of alkyl halides is 4. The molecule has 41 heavy (non-hydrogen) atoms. The van der Waals surface area contributed by atoms with Crippen molar-refractivity contribution in [2.75, 3.05) is 30.0 Å². The highest BCUT2D eigenvalue weighted by Crippen LogP contribution is 2.45. The molecule has 0 aliphatic carbocycles. The van der Waals surface area contributed by atoms with Crippen molar-refractivity contribution in [2.45, 2.75) is 23.5 Å². The Kier molecular flexibility index (Phi) is 6.31. The normalized spacial score (nSPS) is 23.1. The van der Waals surface area contributed by atoms with E-state index in [1.165, 1.54) is 49.5 Å². The van der Waals surface area contributed by atoms with Gasteiger partial charge in [0, 0.05) is 33.1 Å². The summed E-state index contributed by atoms with van der Waals surface area (Å²) in [6.45, 7) is -2.22. The van der Waals surface area contributed by atoms with E-state index in [9.17, 15) is 32.4 Å². The van der Waals surface area contributed by atoms with Crippen LogP contribution < -0.4 is 19.9 Å². The lowest BCUT2D eigenvalue weighted by Gasteiger charge is -2.38. The van der Waals surface area contributed by atoms with E-state index in [0.717, 1.165) is 9.80 Å². The number of carbonyl (C=O) groups is 2. The van der Waals surface area contributed by atoms with Gasteiger partial charge in [0.15, 0.2) is 0 Å². The molecule has 1 N–H and O–H groups in total. The summed E-state index contributed by atoms with van der Waals surface area (Å²) in [7, 11) is 1.49. The van der Waals surface area contributed by atoms with Gasteiger partial charge in [-0.3, -0.25) is 14.5 Å². The van der Waals surface area contributed by atoms with Crippen LogP contribution in [-0.4, -0.2) is 60.6 Å². The van der Waals surface area contributed by atoms with E-state index in [0.29, 0.717) is 27.2 Å². The van der Waals surface area contributed by atoms with E-state index in [-0.39, 0.29) is 16.8 Å². The van der Waals surface area contributed by atoms with Gasteiger partial charge in [-0.05, 0) is 36.4 Å². The van der Waals surface area contributed by atoms with Crippen molar-refractivity contribution in [3.8, 4) is 11.8 Å². The molecule has 210 valence electrons. The van der Waals surface area contributed by atoms with Gasteiger partial charge in [-0.1, -0.05) is 6.07 Å². The number of hydrogen-bond acceptors (Lipinski definition) is 8. The first-order valence-corrected chi connectivity index (χ1v) is 13.1. The zero-order valence-electron chi connectivity index (χ0n) is 21.1. The summed E-state index contributed by atoms with van der Waals surface area (Å²) in [5.74, 6) is -0.0543. The quantitative estimate of drug-likeness (QED) is 0.439. The highest BCUT2D eigenvalue weighted by Gasteiger charge is 2.52. The zero-order chi connectivity index (χ0) is 29.1. The molecule has 2 saturated heterocycles. The highest BCUT2D eigenvalue weighted by atomic mass is 32.2. The molecule has 3 aliphatic rings. The van der Waals surface area contributed by atoms with Crippen LogP contribution in [0.25, 0.3) is 15.7 Å². The number of ether oxygens (including phenoxy) is 2. The molecule has 3 aliphatic heterocycles. The second-order valence-corrected chi connectivity index (χ2v) is 10.7. The number of halogens is 4. The third-order valence-corrected chi connectivity index (χ3v) is 8.22. The minimum atomic E-state index is -4.09. The molecule has 0 saturated carbocycles. The van der Waals surface area contributed by atoms with Crippen LogP contribution in [0.1, 0.15) is 11.1 Å². The number of anilines is 2. The van der Waals surface area contributed by atoms with Crippen LogP contribution in [0.4, 0.5) is 33.7 Å². The summed E-state index contributed by atoms with van der Waals surface area (Å²) in [5.41, 5.74) is 1.00. The number of nitriles is 1. The second kappa shape index (κ2) is 9.64. The van der Waals surface area contributed by atoms with Gasteiger partial charge in [-0.15, -0.1) is 11.8 Å². The van der Waals surface area contributed by atoms with Gasteiger partial charge in [-0.2, -0.15) is 22.8 Å². The Bertz CT molecular complexity index is 1660. The molecule has 4 heterocycles. The molecule has 2 fully saturated rings. The van der Waals surface area contributed by atoms with Gasteiger partial charge in [0.05, 0.1) is 36.7 Å². The van der Waals surface area contributed by atoms with Crippen LogP contribution in [-0.2, 0) is 9.53 Å². The summed E-state index contributed by atoms with van der Waals surface area (Å²) in [4.78, 5) is 33.4. The Morgan fingerprint density at radius 2 is 1.88 bits per heavy atom. The van der Waals surface area contributed by atoms with E-state index in [1.807, 2.05) is 0 Å². The number of urea groups is 1. The number of nitrogens with zero attached hydrogens (tertiary/aromatic N) is 4. The van der Waals surface area contributed by atoms with Crippen molar-refractivity contribution in [3.63, 3.8) is 0 Å². The lowest BCUT2D eigenvalue weighted by atomic mass is 10.0. The maximum Gasteiger partial charge on any atom is 0.377 e. The summed E-state index contributed by atoms with van der Waals surface area (Å²) in [5, 5.41) is 12.3.